The predicted molar refractivity (Wildman–Crippen MR) is 77.8 cm³/mol. The van der Waals surface area contributed by atoms with Gasteiger partial charge >= 0.3 is 12.2 Å². The molecule has 1 aliphatic carbocycles. The summed E-state index contributed by atoms with van der Waals surface area (Å²) in [6, 6.07) is 0.846. The lowest BCUT2D eigenvalue weighted by molar-refractivity contribution is -0.141. The number of hydrogen-bond acceptors (Lipinski definition) is 2. The summed E-state index contributed by atoms with van der Waals surface area (Å²) in [7, 11) is 0. The van der Waals surface area contributed by atoms with Gasteiger partial charge in [0.2, 0.25) is 0 Å². The van der Waals surface area contributed by atoms with E-state index < -0.39 is 11.9 Å². The summed E-state index contributed by atoms with van der Waals surface area (Å²) in [5.74, 6) is 0.781. The van der Waals surface area contributed by atoms with Crippen molar-refractivity contribution in [1.29, 1.82) is 0 Å². The molecule has 2 heterocycles. The number of urea groups is 1. The molecule has 0 atom stereocenters. The Kier molecular flexibility index (Phi) is 4.50. The molecule has 0 unspecified atom stereocenters. The molecule has 8 heteroatoms. The lowest BCUT2D eigenvalue weighted by atomic mass is 10.1. The fraction of sp³-hybridized carbons (Fsp3) is 0.733. The van der Waals surface area contributed by atoms with Crippen molar-refractivity contribution in [3.05, 3.63) is 18.0 Å². The summed E-state index contributed by atoms with van der Waals surface area (Å²) in [6.07, 6.45) is 1.78. The molecule has 23 heavy (non-hydrogen) atoms. The van der Waals surface area contributed by atoms with Crippen LogP contribution in [0.25, 0.3) is 0 Å². The summed E-state index contributed by atoms with van der Waals surface area (Å²) in [5, 5.41) is 6.54. The highest BCUT2D eigenvalue weighted by atomic mass is 19.4. The zero-order chi connectivity index (χ0) is 16.4. The maximum atomic E-state index is 12.6. The minimum Gasteiger partial charge on any atom is -0.338 e. The van der Waals surface area contributed by atoms with E-state index in [1.54, 1.807) is 4.90 Å². The fourth-order valence-electron chi connectivity index (χ4n) is 2.93. The fourth-order valence-corrected chi connectivity index (χ4v) is 2.93. The molecule has 2 amide bonds. The van der Waals surface area contributed by atoms with Gasteiger partial charge < -0.3 is 10.2 Å². The SMILES string of the molecule is O=C(NCCC1CC1)N1CCC(n2ccc(C(F)(F)F)n2)CC1. The first-order chi connectivity index (χ1) is 10.9. The maximum absolute atomic E-state index is 12.6. The Bertz CT molecular complexity index is 545. The quantitative estimate of drug-likeness (QED) is 0.922. The van der Waals surface area contributed by atoms with Crippen molar-refractivity contribution < 1.29 is 18.0 Å². The van der Waals surface area contributed by atoms with E-state index in [2.05, 4.69) is 10.4 Å². The third-order valence-corrected chi connectivity index (χ3v) is 4.55. The number of piperidine rings is 1. The van der Waals surface area contributed by atoms with Crippen molar-refractivity contribution in [1.82, 2.24) is 20.0 Å². The van der Waals surface area contributed by atoms with E-state index in [-0.39, 0.29) is 12.1 Å². The highest BCUT2D eigenvalue weighted by molar-refractivity contribution is 5.74. The molecule has 1 saturated heterocycles. The molecular weight excluding hydrogens is 309 g/mol. The van der Waals surface area contributed by atoms with Crippen LogP contribution in [-0.2, 0) is 6.18 Å². The lowest BCUT2D eigenvalue weighted by Gasteiger charge is -2.32. The average Bonchev–Trinajstić information content (AvgIpc) is 3.19. The number of halogens is 3. The first kappa shape index (κ1) is 16.1. The molecule has 1 saturated carbocycles. The maximum Gasteiger partial charge on any atom is 0.435 e. The number of carbonyl (C=O) groups is 1. The molecule has 2 fully saturated rings. The van der Waals surface area contributed by atoms with Gasteiger partial charge in [-0.15, -0.1) is 0 Å². The molecule has 0 bridgehead atoms. The minimum atomic E-state index is -4.41. The van der Waals surface area contributed by atoms with Crippen LogP contribution in [0.5, 0.6) is 0 Å². The molecule has 0 spiro atoms. The molecule has 0 aromatic carbocycles. The van der Waals surface area contributed by atoms with Gasteiger partial charge in [0.1, 0.15) is 0 Å². The monoisotopic (exact) mass is 330 g/mol. The molecule has 0 radical (unpaired) electrons. The number of alkyl halides is 3. The van der Waals surface area contributed by atoms with Gasteiger partial charge in [0, 0.05) is 25.8 Å². The van der Waals surface area contributed by atoms with Crippen molar-refractivity contribution >= 4 is 6.03 Å². The summed E-state index contributed by atoms with van der Waals surface area (Å²) >= 11 is 0. The number of nitrogens with one attached hydrogen (secondary N) is 1. The van der Waals surface area contributed by atoms with Gasteiger partial charge in [-0.1, -0.05) is 12.8 Å². The van der Waals surface area contributed by atoms with E-state index in [0.29, 0.717) is 32.5 Å². The smallest absolute Gasteiger partial charge is 0.338 e. The van der Waals surface area contributed by atoms with Gasteiger partial charge in [0.25, 0.3) is 0 Å². The van der Waals surface area contributed by atoms with E-state index in [1.807, 2.05) is 0 Å². The Morgan fingerprint density at radius 3 is 2.52 bits per heavy atom. The van der Waals surface area contributed by atoms with Crippen LogP contribution in [0, 0.1) is 5.92 Å². The van der Waals surface area contributed by atoms with Crippen molar-refractivity contribution in [2.24, 2.45) is 5.92 Å². The van der Waals surface area contributed by atoms with E-state index in [0.717, 1.165) is 18.4 Å². The number of likely N-dealkylation sites (tertiary alicyclic amines) is 1. The second kappa shape index (κ2) is 6.41. The third-order valence-electron chi connectivity index (χ3n) is 4.55. The topological polar surface area (TPSA) is 50.2 Å². The molecule has 5 nitrogen and oxygen atoms in total. The summed E-state index contributed by atoms with van der Waals surface area (Å²) in [5.41, 5.74) is -0.863. The zero-order valence-corrected chi connectivity index (χ0v) is 12.9. The number of carbonyl (C=O) groups excluding carboxylic acids is 1. The molecule has 1 aromatic heterocycles. The summed E-state index contributed by atoms with van der Waals surface area (Å²) < 4.78 is 39.1. The Morgan fingerprint density at radius 1 is 1.26 bits per heavy atom. The van der Waals surface area contributed by atoms with Crippen LogP contribution in [0.3, 0.4) is 0 Å². The summed E-state index contributed by atoms with van der Waals surface area (Å²) in [6.45, 7) is 1.79. The van der Waals surface area contributed by atoms with Gasteiger partial charge in [-0.25, -0.2) is 4.79 Å². The van der Waals surface area contributed by atoms with Crippen LogP contribution in [0.4, 0.5) is 18.0 Å². The van der Waals surface area contributed by atoms with Gasteiger partial charge in [-0.05, 0) is 31.2 Å². The summed E-state index contributed by atoms with van der Waals surface area (Å²) in [4.78, 5) is 13.8. The van der Waals surface area contributed by atoms with Crippen molar-refractivity contribution in [3.8, 4) is 0 Å². The van der Waals surface area contributed by atoms with Crippen LogP contribution in [-0.4, -0.2) is 40.3 Å². The second-order valence-corrected chi connectivity index (χ2v) is 6.36. The standard InChI is InChI=1S/C15H21F3N4O/c16-15(17,18)13-6-10-22(20-13)12-4-8-21(9-5-12)14(23)19-7-3-11-1-2-11/h6,10-12H,1-5,7-9H2,(H,19,23). The Balaban J connectivity index is 1.45. The largest absolute Gasteiger partial charge is 0.435 e. The van der Waals surface area contributed by atoms with Crippen molar-refractivity contribution in [2.75, 3.05) is 19.6 Å². The van der Waals surface area contributed by atoms with Crippen LogP contribution < -0.4 is 5.32 Å². The van der Waals surface area contributed by atoms with E-state index in [4.69, 9.17) is 0 Å². The number of amides is 2. The van der Waals surface area contributed by atoms with Gasteiger partial charge in [-0.2, -0.15) is 18.3 Å². The minimum absolute atomic E-state index is 0.0689. The van der Waals surface area contributed by atoms with Crippen LogP contribution in [0.1, 0.15) is 43.8 Å². The average molecular weight is 330 g/mol. The Morgan fingerprint density at radius 2 is 1.96 bits per heavy atom. The Labute approximate surface area is 132 Å². The van der Waals surface area contributed by atoms with Crippen molar-refractivity contribution in [3.63, 3.8) is 0 Å². The van der Waals surface area contributed by atoms with Crippen LogP contribution in [0.15, 0.2) is 12.3 Å². The predicted octanol–water partition coefficient (Wildman–Crippen LogP) is 3.05. The molecule has 1 aliphatic heterocycles. The zero-order valence-electron chi connectivity index (χ0n) is 12.9. The lowest BCUT2D eigenvalue weighted by Crippen LogP contribution is -2.45. The van der Waals surface area contributed by atoms with Crippen molar-refractivity contribution in [2.45, 2.75) is 44.3 Å². The molecule has 128 valence electrons. The first-order valence-corrected chi connectivity index (χ1v) is 8.08. The van der Waals surface area contributed by atoms with Gasteiger partial charge in [0.05, 0.1) is 6.04 Å². The molecule has 3 rings (SSSR count). The first-order valence-electron chi connectivity index (χ1n) is 8.08. The van der Waals surface area contributed by atoms with E-state index in [1.165, 1.54) is 23.7 Å². The number of nitrogens with zero attached hydrogens (tertiary/aromatic N) is 3. The van der Waals surface area contributed by atoms with E-state index in [9.17, 15) is 18.0 Å². The highest BCUT2D eigenvalue weighted by Gasteiger charge is 2.34. The van der Waals surface area contributed by atoms with Crippen LogP contribution in [0.2, 0.25) is 0 Å². The van der Waals surface area contributed by atoms with E-state index >= 15 is 0 Å². The highest BCUT2D eigenvalue weighted by Crippen LogP contribution is 2.32. The number of aromatic nitrogens is 2. The molecular formula is C15H21F3N4O. The van der Waals surface area contributed by atoms with Gasteiger partial charge in [-0.3, -0.25) is 4.68 Å². The number of hydrogen-bond donors (Lipinski definition) is 1. The van der Waals surface area contributed by atoms with Crippen LogP contribution >= 0.6 is 0 Å². The van der Waals surface area contributed by atoms with Gasteiger partial charge in [0.15, 0.2) is 5.69 Å². The Hall–Kier alpha value is -1.73. The molecule has 1 N–H and O–H groups in total. The molecule has 2 aliphatic rings. The molecule has 1 aromatic rings. The normalized spacial score (nSPS) is 19.9. The number of rotatable bonds is 4. The third kappa shape index (κ3) is 4.17. The second-order valence-electron chi connectivity index (χ2n) is 6.36.